The predicted molar refractivity (Wildman–Crippen MR) is 76.7 cm³/mol. The summed E-state index contributed by atoms with van der Waals surface area (Å²) in [4.78, 5) is 11.4. The monoisotopic (exact) mass is 272 g/mol. The van der Waals surface area contributed by atoms with Gasteiger partial charge in [-0.05, 0) is 31.2 Å². The van der Waals surface area contributed by atoms with E-state index < -0.39 is 5.97 Å². The zero-order chi connectivity index (χ0) is 14.7. The van der Waals surface area contributed by atoms with Gasteiger partial charge in [-0.3, -0.25) is 0 Å². The second-order valence-corrected chi connectivity index (χ2v) is 4.42. The molecule has 0 aliphatic rings. The van der Waals surface area contributed by atoms with Crippen molar-refractivity contribution in [3.05, 3.63) is 47.5 Å². The molecule has 0 fully saturated rings. The summed E-state index contributed by atoms with van der Waals surface area (Å²) in [6.45, 7) is 1.86. The molecule has 2 aromatic rings. The zero-order valence-corrected chi connectivity index (χ0v) is 11.6. The molecule has 4 heteroatoms. The van der Waals surface area contributed by atoms with Gasteiger partial charge in [0.1, 0.15) is 11.5 Å². The molecule has 0 radical (unpaired) electrons. The number of carboxylic acids is 1. The third-order valence-corrected chi connectivity index (χ3v) is 3.10. The number of rotatable bonds is 4. The fraction of sp³-hybridized carbons (Fsp3) is 0.188. The third kappa shape index (κ3) is 2.59. The van der Waals surface area contributed by atoms with Gasteiger partial charge in [0.25, 0.3) is 0 Å². The average molecular weight is 272 g/mol. The topological polar surface area (TPSA) is 55.8 Å². The first-order valence-electron chi connectivity index (χ1n) is 6.13. The molecule has 0 atom stereocenters. The fourth-order valence-electron chi connectivity index (χ4n) is 2.09. The van der Waals surface area contributed by atoms with E-state index in [2.05, 4.69) is 0 Å². The van der Waals surface area contributed by atoms with Crippen LogP contribution in [0.15, 0.2) is 36.4 Å². The number of carboxylic acid groups (broad SMARTS) is 1. The Balaban J connectivity index is 2.69. The number of aromatic carboxylic acids is 1. The van der Waals surface area contributed by atoms with Gasteiger partial charge in [-0.25, -0.2) is 4.79 Å². The summed E-state index contributed by atoms with van der Waals surface area (Å²) in [6, 6.07) is 10.6. The highest BCUT2D eigenvalue weighted by Crippen LogP contribution is 2.35. The molecule has 0 aliphatic carbocycles. The van der Waals surface area contributed by atoms with E-state index in [9.17, 15) is 9.90 Å². The molecule has 0 aliphatic heterocycles. The van der Waals surface area contributed by atoms with Crippen molar-refractivity contribution in [1.29, 1.82) is 0 Å². The highest BCUT2D eigenvalue weighted by atomic mass is 16.5. The van der Waals surface area contributed by atoms with Gasteiger partial charge < -0.3 is 14.6 Å². The van der Waals surface area contributed by atoms with Crippen LogP contribution in [0.4, 0.5) is 0 Å². The predicted octanol–water partition coefficient (Wildman–Crippen LogP) is 3.38. The molecular weight excluding hydrogens is 256 g/mol. The summed E-state index contributed by atoms with van der Waals surface area (Å²) in [5.74, 6) is 0.295. The number of aryl methyl sites for hydroxylation is 1. The van der Waals surface area contributed by atoms with E-state index >= 15 is 0 Å². The van der Waals surface area contributed by atoms with Crippen molar-refractivity contribution >= 4 is 5.97 Å². The third-order valence-electron chi connectivity index (χ3n) is 3.10. The maximum atomic E-state index is 11.4. The standard InChI is InChI=1S/C16H16O4/c1-10-4-6-12(14(8-10)16(17)18)13-9-11(19-2)5-7-15(13)20-3/h4-9H,1-3H3,(H,17,18). The van der Waals surface area contributed by atoms with Gasteiger partial charge >= 0.3 is 5.97 Å². The maximum absolute atomic E-state index is 11.4. The van der Waals surface area contributed by atoms with Crippen LogP contribution in [0.5, 0.6) is 11.5 Å². The molecule has 0 amide bonds. The molecule has 0 saturated carbocycles. The van der Waals surface area contributed by atoms with Crippen LogP contribution in [-0.2, 0) is 0 Å². The van der Waals surface area contributed by atoms with Crippen molar-refractivity contribution < 1.29 is 19.4 Å². The lowest BCUT2D eigenvalue weighted by molar-refractivity contribution is 0.0697. The molecule has 0 unspecified atom stereocenters. The van der Waals surface area contributed by atoms with E-state index in [1.165, 1.54) is 0 Å². The number of hydrogen-bond acceptors (Lipinski definition) is 3. The molecule has 20 heavy (non-hydrogen) atoms. The fourth-order valence-corrected chi connectivity index (χ4v) is 2.09. The number of carbonyl (C=O) groups is 1. The van der Waals surface area contributed by atoms with Gasteiger partial charge in [0.05, 0.1) is 19.8 Å². The minimum absolute atomic E-state index is 0.247. The van der Waals surface area contributed by atoms with Crippen molar-refractivity contribution in [3.63, 3.8) is 0 Å². The number of ether oxygens (including phenoxy) is 2. The summed E-state index contributed by atoms with van der Waals surface area (Å²) >= 11 is 0. The summed E-state index contributed by atoms with van der Waals surface area (Å²) in [7, 11) is 3.12. The van der Waals surface area contributed by atoms with Gasteiger partial charge in [-0.1, -0.05) is 17.7 Å². The number of benzene rings is 2. The van der Waals surface area contributed by atoms with Crippen LogP contribution in [-0.4, -0.2) is 25.3 Å². The molecule has 0 spiro atoms. The molecular formula is C16H16O4. The van der Waals surface area contributed by atoms with Crippen LogP contribution in [0.25, 0.3) is 11.1 Å². The Bertz CT molecular complexity index is 647. The zero-order valence-electron chi connectivity index (χ0n) is 11.6. The molecule has 1 N–H and O–H groups in total. The minimum atomic E-state index is -0.964. The largest absolute Gasteiger partial charge is 0.497 e. The van der Waals surface area contributed by atoms with Crippen LogP contribution in [0, 0.1) is 6.92 Å². The lowest BCUT2D eigenvalue weighted by Crippen LogP contribution is -2.01. The molecule has 104 valence electrons. The van der Waals surface area contributed by atoms with Gasteiger partial charge in [-0.15, -0.1) is 0 Å². The normalized spacial score (nSPS) is 10.2. The molecule has 0 aromatic heterocycles. The molecule has 0 bridgehead atoms. The van der Waals surface area contributed by atoms with Gasteiger partial charge in [-0.2, -0.15) is 0 Å². The van der Waals surface area contributed by atoms with Crippen LogP contribution in [0.2, 0.25) is 0 Å². The molecule has 0 saturated heterocycles. The Morgan fingerprint density at radius 1 is 1.00 bits per heavy atom. The van der Waals surface area contributed by atoms with Crippen molar-refractivity contribution in [1.82, 2.24) is 0 Å². The summed E-state index contributed by atoms with van der Waals surface area (Å²) in [5, 5.41) is 9.37. The Morgan fingerprint density at radius 3 is 2.35 bits per heavy atom. The minimum Gasteiger partial charge on any atom is -0.497 e. The Labute approximate surface area is 117 Å². The first-order valence-corrected chi connectivity index (χ1v) is 6.13. The van der Waals surface area contributed by atoms with Gasteiger partial charge in [0.15, 0.2) is 0 Å². The van der Waals surface area contributed by atoms with Crippen LogP contribution < -0.4 is 9.47 Å². The molecule has 2 aromatic carbocycles. The first-order chi connectivity index (χ1) is 9.56. The lowest BCUT2D eigenvalue weighted by Gasteiger charge is -2.13. The molecule has 0 heterocycles. The molecule has 4 nitrogen and oxygen atoms in total. The quantitative estimate of drug-likeness (QED) is 0.927. The van der Waals surface area contributed by atoms with Gasteiger partial charge in [0.2, 0.25) is 0 Å². The van der Waals surface area contributed by atoms with Crippen LogP contribution in [0.3, 0.4) is 0 Å². The van der Waals surface area contributed by atoms with E-state index in [1.54, 1.807) is 44.6 Å². The second kappa shape index (κ2) is 5.65. The smallest absolute Gasteiger partial charge is 0.336 e. The summed E-state index contributed by atoms with van der Waals surface area (Å²) in [5.41, 5.74) is 2.45. The Morgan fingerprint density at radius 2 is 1.75 bits per heavy atom. The van der Waals surface area contributed by atoms with Crippen LogP contribution in [0.1, 0.15) is 15.9 Å². The van der Waals surface area contributed by atoms with E-state index in [0.29, 0.717) is 22.6 Å². The Hall–Kier alpha value is -2.49. The maximum Gasteiger partial charge on any atom is 0.336 e. The van der Waals surface area contributed by atoms with E-state index in [4.69, 9.17) is 9.47 Å². The first kappa shape index (κ1) is 13.9. The van der Waals surface area contributed by atoms with Crippen LogP contribution >= 0.6 is 0 Å². The highest BCUT2D eigenvalue weighted by Gasteiger charge is 2.16. The second-order valence-electron chi connectivity index (χ2n) is 4.42. The average Bonchev–Trinajstić information content (AvgIpc) is 2.46. The number of hydrogen-bond donors (Lipinski definition) is 1. The number of methoxy groups -OCH3 is 2. The van der Waals surface area contributed by atoms with E-state index in [1.807, 2.05) is 13.0 Å². The summed E-state index contributed by atoms with van der Waals surface area (Å²) in [6.07, 6.45) is 0. The van der Waals surface area contributed by atoms with E-state index in [-0.39, 0.29) is 5.56 Å². The summed E-state index contributed by atoms with van der Waals surface area (Å²) < 4.78 is 10.5. The SMILES string of the molecule is COc1ccc(OC)c(-c2ccc(C)cc2C(=O)O)c1. The highest BCUT2D eigenvalue weighted by molar-refractivity contribution is 5.97. The van der Waals surface area contributed by atoms with Crippen molar-refractivity contribution in [2.75, 3.05) is 14.2 Å². The van der Waals surface area contributed by atoms with Crippen molar-refractivity contribution in [2.45, 2.75) is 6.92 Å². The van der Waals surface area contributed by atoms with Crippen molar-refractivity contribution in [3.8, 4) is 22.6 Å². The van der Waals surface area contributed by atoms with E-state index in [0.717, 1.165) is 5.56 Å². The lowest BCUT2D eigenvalue weighted by atomic mass is 9.97. The Kier molecular flexibility index (Phi) is 3.94. The molecule has 2 rings (SSSR count). The van der Waals surface area contributed by atoms with Crippen molar-refractivity contribution in [2.24, 2.45) is 0 Å². The van der Waals surface area contributed by atoms with Gasteiger partial charge in [0, 0.05) is 11.1 Å².